The van der Waals surface area contributed by atoms with Gasteiger partial charge < -0.3 is 14.0 Å². The van der Waals surface area contributed by atoms with E-state index in [1.165, 1.54) is 12.7 Å². The van der Waals surface area contributed by atoms with Crippen molar-refractivity contribution in [2.24, 2.45) is 5.92 Å². The standard InChI is InChI=1S/C20H20FN3O2/c1-25-18-4-2-3-16(19(18)21)20-23-9-10-24(20)17-13-26-12-15(17)11-14-5-7-22-8-6-14/h2-10,15,17H,11-13H2,1H3/t15-,17+/m0/s1. The second-order valence-electron chi connectivity index (χ2n) is 6.40. The molecule has 1 fully saturated rings. The Hall–Kier alpha value is -2.73. The van der Waals surface area contributed by atoms with Gasteiger partial charge in [-0.25, -0.2) is 9.37 Å². The molecule has 26 heavy (non-hydrogen) atoms. The number of aromatic nitrogens is 3. The number of halogens is 1. The maximum absolute atomic E-state index is 14.7. The third kappa shape index (κ3) is 3.08. The van der Waals surface area contributed by atoms with Crippen LogP contribution in [0.3, 0.4) is 0 Å². The predicted octanol–water partition coefficient (Wildman–Crippen LogP) is 3.52. The fraction of sp³-hybridized carbons (Fsp3) is 0.300. The van der Waals surface area contributed by atoms with E-state index in [-0.39, 0.29) is 11.8 Å². The van der Waals surface area contributed by atoms with Crippen molar-refractivity contribution in [2.75, 3.05) is 20.3 Å². The molecule has 0 amide bonds. The quantitative estimate of drug-likeness (QED) is 0.704. The Morgan fingerprint density at radius 3 is 2.85 bits per heavy atom. The predicted molar refractivity (Wildman–Crippen MR) is 95.5 cm³/mol. The number of ether oxygens (including phenoxy) is 2. The summed E-state index contributed by atoms with van der Waals surface area (Å²) in [6.07, 6.45) is 8.08. The molecule has 0 radical (unpaired) electrons. The first-order valence-corrected chi connectivity index (χ1v) is 8.60. The molecule has 1 aliphatic rings. The molecule has 6 heteroatoms. The molecule has 0 spiro atoms. The summed E-state index contributed by atoms with van der Waals surface area (Å²) in [5.74, 6) is 0.704. The number of imidazole rings is 1. The number of benzene rings is 1. The Bertz CT molecular complexity index is 882. The average molecular weight is 353 g/mol. The van der Waals surface area contributed by atoms with Crippen LogP contribution in [0.1, 0.15) is 11.6 Å². The highest BCUT2D eigenvalue weighted by atomic mass is 19.1. The van der Waals surface area contributed by atoms with E-state index in [0.29, 0.717) is 30.5 Å². The monoisotopic (exact) mass is 353 g/mol. The van der Waals surface area contributed by atoms with Gasteiger partial charge in [0.05, 0.1) is 31.9 Å². The minimum atomic E-state index is -0.396. The number of pyridine rings is 1. The maximum Gasteiger partial charge on any atom is 0.175 e. The van der Waals surface area contributed by atoms with E-state index in [1.807, 2.05) is 22.9 Å². The minimum absolute atomic E-state index is 0.103. The van der Waals surface area contributed by atoms with Crippen LogP contribution in [0.4, 0.5) is 4.39 Å². The lowest BCUT2D eigenvalue weighted by molar-refractivity contribution is 0.181. The summed E-state index contributed by atoms with van der Waals surface area (Å²) in [4.78, 5) is 8.48. The van der Waals surface area contributed by atoms with Crippen LogP contribution in [0.25, 0.3) is 11.4 Å². The van der Waals surface area contributed by atoms with Crippen molar-refractivity contribution in [1.82, 2.24) is 14.5 Å². The van der Waals surface area contributed by atoms with Crippen molar-refractivity contribution in [3.8, 4) is 17.1 Å². The molecule has 3 aromatic rings. The lowest BCUT2D eigenvalue weighted by Gasteiger charge is -2.21. The van der Waals surface area contributed by atoms with Gasteiger partial charge in [0.15, 0.2) is 11.6 Å². The van der Waals surface area contributed by atoms with Gasteiger partial charge in [-0.3, -0.25) is 4.98 Å². The molecule has 2 aromatic heterocycles. The summed E-state index contributed by atoms with van der Waals surface area (Å²) in [5, 5.41) is 0. The van der Waals surface area contributed by atoms with Crippen molar-refractivity contribution in [3.63, 3.8) is 0 Å². The van der Waals surface area contributed by atoms with E-state index in [2.05, 4.69) is 9.97 Å². The van der Waals surface area contributed by atoms with Gasteiger partial charge in [-0.2, -0.15) is 0 Å². The SMILES string of the molecule is COc1cccc(-c2nccn2[C@@H]2COC[C@@H]2Cc2ccncc2)c1F. The molecule has 4 rings (SSSR count). The third-order valence-corrected chi connectivity index (χ3v) is 4.86. The van der Waals surface area contributed by atoms with Gasteiger partial charge in [0, 0.05) is 30.7 Å². The molecule has 134 valence electrons. The second-order valence-corrected chi connectivity index (χ2v) is 6.40. The number of methoxy groups -OCH3 is 1. The van der Waals surface area contributed by atoms with Crippen molar-refractivity contribution in [2.45, 2.75) is 12.5 Å². The number of nitrogens with zero attached hydrogens (tertiary/aromatic N) is 3. The highest BCUT2D eigenvalue weighted by Crippen LogP contribution is 2.34. The van der Waals surface area contributed by atoms with E-state index in [0.717, 1.165) is 6.42 Å². The van der Waals surface area contributed by atoms with Crippen molar-refractivity contribution < 1.29 is 13.9 Å². The first-order chi connectivity index (χ1) is 12.8. The fourth-order valence-electron chi connectivity index (χ4n) is 3.54. The topological polar surface area (TPSA) is 49.2 Å². The van der Waals surface area contributed by atoms with Crippen molar-refractivity contribution in [3.05, 3.63) is 66.5 Å². The molecule has 3 heterocycles. The third-order valence-electron chi connectivity index (χ3n) is 4.86. The van der Waals surface area contributed by atoms with Crippen LogP contribution in [0.15, 0.2) is 55.1 Å². The molecule has 1 saturated heterocycles. The van der Waals surface area contributed by atoms with Crippen LogP contribution in [0.2, 0.25) is 0 Å². The molecular weight excluding hydrogens is 333 g/mol. The van der Waals surface area contributed by atoms with Gasteiger partial charge in [-0.05, 0) is 36.2 Å². The molecule has 2 atom stereocenters. The van der Waals surface area contributed by atoms with E-state index in [1.54, 1.807) is 36.8 Å². The zero-order valence-corrected chi connectivity index (χ0v) is 14.5. The Morgan fingerprint density at radius 2 is 2.04 bits per heavy atom. The molecule has 5 nitrogen and oxygen atoms in total. The normalized spacial score (nSPS) is 19.6. The summed E-state index contributed by atoms with van der Waals surface area (Å²) in [6, 6.07) is 9.25. The molecule has 0 bridgehead atoms. The van der Waals surface area contributed by atoms with Gasteiger partial charge in [-0.1, -0.05) is 6.07 Å². The van der Waals surface area contributed by atoms with Crippen LogP contribution in [0.5, 0.6) is 5.75 Å². The zero-order valence-electron chi connectivity index (χ0n) is 14.5. The largest absolute Gasteiger partial charge is 0.494 e. The van der Waals surface area contributed by atoms with Crippen LogP contribution in [0, 0.1) is 11.7 Å². The fourth-order valence-corrected chi connectivity index (χ4v) is 3.54. The number of hydrogen-bond donors (Lipinski definition) is 0. The smallest absolute Gasteiger partial charge is 0.175 e. The zero-order chi connectivity index (χ0) is 17.9. The average Bonchev–Trinajstić information content (AvgIpc) is 3.32. The molecule has 1 aromatic carbocycles. The first-order valence-electron chi connectivity index (χ1n) is 8.60. The van der Waals surface area contributed by atoms with Gasteiger partial charge in [0.2, 0.25) is 0 Å². The summed E-state index contributed by atoms with van der Waals surface area (Å²) in [7, 11) is 1.46. The Labute approximate surface area is 151 Å². The Balaban J connectivity index is 1.66. The van der Waals surface area contributed by atoms with Gasteiger partial charge in [0.1, 0.15) is 5.82 Å². The Morgan fingerprint density at radius 1 is 1.19 bits per heavy atom. The highest BCUT2D eigenvalue weighted by molar-refractivity contribution is 5.59. The molecular formula is C20H20FN3O2. The summed E-state index contributed by atoms with van der Waals surface area (Å²) in [5.41, 5.74) is 1.65. The van der Waals surface area contributed by atoms with Gasteiger partial charge in [0.25, 0.3) is 0 Å². The second kappa shape index (κ2) is 7.25. The van der Waals surface area contributed by atoms with E-state index in [9.17, 15) is 4.39 Å². The molecule has 1 aliphatic heterocycles. The first kappa shape index (κ1) is 16.7. The van der Waals surface area contributed by atoms with Crippen molar-refractivity contribution in [1.29, 1.82) is 0 Å². The van der Waals surface area contributed by atoms with Gasteiger partial charge in [-0.15, -0.1) is 0 Å². The molecule has 0 unspecified atom stereocenters. The number of rotatable bonds is 5. The summed E-state index contributed by atoms with van der Waals surface area (Å²) < 4.78 is 27.6. The van der Waals surface area contributed by atoms with E-state index < -0.39 is 5.82 Å². The lowest BCUT2D eigenvalue weighted by Crippen LogP contribution is -2.20. The highest BCUT2D eigenvalue weighted by Gasteiger charge is 2.32. The van der Waals surface area contributed by atoms with E-state index in [4.69, 9.17) is 9.47 Å². The molecule has 0 saturated carbocycles. The lowest BCUT2D eigenvalue weighted by atomic mass is 9.95. The minimum Gasteiger partial charge on any atom is -0.494 e. The van der Waals surface area contributed by atoms with Crippen LogP contribution in [-0.4, -0.2) is 34.9 Å². The summed E-state index contributed by atoms with van der Waals surface area (Å²) >= 11 is 0. The summed E-state index contributed by atoms with van der Waals surface area (Å²) in [6.45, 7) is 1.26. The van der Waals surface area contributed by atoms with Crippen molar-refractivity contribution >= 4 is 0 Å². The van der Waals surface area contributed by atoms with E-state index >= 15 is 0 Å². The molecule has 0 N–H and O–H groups in total. The maximum atomic E-state index is 14.7. The van der Waals surface area contributed by atoms with Crippen LogP contribution < -0.4 is 4.74 Å². The van der Waals surface area contributed by atoms with Crippen LogP contribution >= 0.6 is 0 Å². The Kier molecular flexibility index (Phi) is 4.67. The van der Waals surface area contributed by atoms with Gasteiger partial charge >= 0.3 is 0 Å². The van der Waals surface area contributed by atoms with Crippen LogP contribution in [-0.2, 0) is 11.2 Å². The number of hydrogen-bond acceptors (Lipinski definition) is 4. The molecule has 0 aliphatic carbocycles.